The molecule has 2 aromatic rings. The first-order valence-electron chi connectivity index (χ1n) is 4.89. The summed E-state index contributed by atoms with van der Waals surface area (Å²) in [6.07, 6.45) is 1.61. The molecule has 6 heteroatoms. The van der Waals surface area contributed by atoms with Gasteiger partial charge in [0.25, 0.3) is 0 Å². The predicted molar refractivity (Wildman–Crippen MR) is 73.9 cm³/mol. The second-order valence-corrected chi connectivity index (χ2v) is 4.69. The summed E-state index contributed by atoms with van der Waals surface area (Å²) in [6.45, 7) is 0.582. The minimum atomic E-state index is 0.374. The van der Waals surface area contributed by atoms with Crippen LogP contribution in [0.4, 0.5) is 5.69 Å². The number of nitrogens with two attached hydrogens (primary N) is 1. The summed E-state index contributed by atoms with van der Waals surface area (Å²) >= 11 is 8.35. The van der Waals surface area contributed by atoms with Crippen LogP contribution in [0.5, 0.6) is 0 Å². The predicted octanol–water partition coefficient (Wildman–Crippen LogP) is 2.68. The molecule has 17 heavy (non-hydrogen) atoms. The van der Waals surface area contributed by atoms with E-state index in [9.17, 15) is 0 Å². The first kappa shape index (κ1) is 12.1. The molecule has 0 bridgehead atoms. The Labute approximate surface area is 112 Å². The highest BCUT2D eigenvalue weighted by Crippen LogP contribution is 2.21. The SMILES string of the molecule is NC(=S)c1ccc(NCc2ccno2)cc1Br. The Morgan fingerprint density at radius 3 is 2.88 bits per heavy atom. The van der Waals surface area contributed by atoms with E-state index < -0.39 is 0 Å². The van der Waals surface area contributed by atoms with Gasteiger partial charge in [0.2, 0.25) is 0 Å². The van der Waals surface area contributed by atoms with E-state index in [1.54, 1.807) is 6.20 Å². The molecule has 0 amide bonds. The van der Waals surface area contributed by atoms with Crippen LogP contribution in [-0.4, -0.2) is 10.1 Å². The Kier molecular flexibility index (Phi) is 3.75. The number of hydrogen-bond acceptors (Lipinski definition) is 4. The Bertz CT molecular complexity index is 528. The number of halogens is 1. The Morgan fingerprint density at radius 1 is 1.47 bits per heavy atom. The molecule has 0 aliphatic rings. The van der Waals surface area contributed by atoms with Crippen LogP contribution in [0.25, 0.3) is 0 Å². The Balaban J connectivity index is 2.07. The number of nitrogens with zero attached hydrogens (tertiary/aromatic N) is 1. The van der Waals surface area contributed by atoms with Crippen LogP contribution in [0.1, 0.15) is 11.3 Å². The van der Waals surface area contributed by atoms with Gasteiger partial charge in [-0.1, -0.05) is 17.4 Å². The summed E-state index contributed by atoms with van der Waals surface area (Å²) in [5, 5.41) is 6.84. The van der Waals surface area contributed by atoms with E-state index in [1.807, 2.05) is 24.3 Å². The van der Waals surface area contributed by atoms with E-state index in [0.717, 1.165) is 21.5 Å². The highest BCUT2D eigenvalue weighted by atomic mass is 79.9. The fraction of sp³-hybridized carbons (Fsp3) is 0.0909. The topological polar surface area (TPSA) is 64.1 Å². The quantitative estimate of drug-likeness (QED) is 0.850. The molecular formula is C11H10BrN3OS. The van der Waals surface area contributed by atoms with Crippen molar-refractivity contribution in [3.8, 4) is 0 Å². The molecule has 0 unspecified atom stereocenters. The van der Waals surface area contributed by atoms with E-state index in [2.05, 4.69) is 26.4 Å². The highest BCUT2D eigenvalue weighted by Gasteiger charge is 2.04. The number of hydrogen-bond donors (Lipinski definition) is 2. The van der Waals surface area contributed by atoms with Gasteiger partial charge in [-0.25, -0.2) is 0 Å². The summed E-state index contributed by atoms with van der Waals surface area (Å²) in [6, 6.07) is 7.51. The summed E-state index contributed by atoms with van der Waals surface area (Å²) in [5.41, 5.74) is 7.35. The van der Waals surface area contributed by atoms with Gasteiger partial charge in [0.1, 0.15) is 4.99 Å². The van der Waals surface area contributed by atoms with Crippen molar-refractivity contribution in [3.05, 3.63) is 46.3 Å². The molecule has 1 aromatic carbocycles. The highest BCUT2D eigenvalue weighted by molar-refractivity contribution is 9.10. The molecule has 0 saturated heterocycles. The lowest BCUT2D eigenvalue weighted by molar-refractivity contribution is 0.388. The first-order valence-corrected chi connectivity index (χ1v) is 6.10. The molecule has 2 rings (SSSR count). The summed E-state index contributed by atoms with van der Waals surface area (Å²) < 4.78 is 5.85. The molecule has 0 saturated carbocycles. The molecule has 0 spiro atoms. The maximum atomic E-state index is 5.57. The Hall–Kier alpha value is -1.40. The van der Waals surface area contributed by atoms with Gasteiger partial charge >= 0.3 is 0 Å². The van der Waals surface area contributed by atoms with Crippen molar-refractivity contribution < 1.29 is 4.52 Å². The van der Waals surface area contributed by atoms with Crippen LogP contribution in [0, 0.1) is 0 Å². The van der Waals surface area contributed by atoms with Crippen LogP contribution in [0.15, 0.2) is 39.5 Å². The van der Waals surface area contributed by atoms with Gasteiger partial charge < -0.3 is 15.6 Å². The Morgan fingerprint density at radius 2 is 2.29 bits per heavy atom. The molecule has 0 aliphatic heterocycles. The fourth-order valence-corrected chi connectivity index (χ4v) is 2.25. The minimum Gasteiger partial charge on any atom is -0.389 e. The third kappa shape index (κ3) is 3.04. The summed E-state index contributed by atoms with van der Waals surface area (Å²) in [7, 11) is 0. The number of benzene rings is 1. The molecule has 3 N–H and O–H groups in total. The molecule has 0 atom stereocenters. The van der Waals surface area contributed by atoms with E-state index in [1.165, 1.54) is 0 Å². The van der Waals surface area contributed by atoms with Crippen LogP contribution in [-0.2, 0) is 6.54 Å². The fourth-order valence-electron chi connectivity index (χ4n) is 1.35. The van der Waals surface area contributed by atoms with Gasteiger partial charge in [0.15, 0.2) is 5.76 Å². The second-order valence-electron chi connectivity index (χ2n) is 3.39. The monoisotopic (exact) mass is 311 g/mol. The third-order valence-corrected chi connectivity index (χ3v) is 3.07. The molecule has 88 valence electrons. The lowest BCUT2D eigenvalue weighted by Crippen LogP contribution is -2.10. The number of rotatable bonds is 4. The van der Waals surface area contributed by atoms with Gasteiger partial charge in [0.05, 0.1) is 12.7 Å². The molecule has 0 radical (unpaired) electrons. The molecular weight excluding hydrogens is 302 g/mol. The van der Waals surface area contributed by atoms with Gasteiger partial charge in [-0.15, -0.1) is 0 Å². The zero-order valence-corrected chi connectivity index (χ0v) is 11.2. The minimum absolute atomic E-state index is 0.374. The van der Waals surface area contributed by atoms with Gasteiger partial charge in [-0.2, -0.15) is 0 Å². The average molecular weight is 312 g/mol. The second kappa shape index (κ2) is 5.29. The van der Waals surface area contributed by atoms with E-state index in [4.69, 9.17) is 22.5 Å². The number of nitrogens with one attached hydrogen (secondary N) is 1. The van der Waals surface area contributed by atoms with Crippen molar-refractivity contribution in [1.82, 2.24) is 5.16 Å². The van der Waals surface area contributed by atoms with Crippen molar-refractivity contribution in [2.24, 2.45) is 5.73 Å². The number of anilines is 1. The van der Waals surface area contributed by atoms with Crippen LogP contribution < -0.4 is 11.1 Å². The zero-order valence-electron chi connectivity index (χ0n) is 8.81. The largest absolute Gasteiger partial charge is 0.389 e. The maximum Gasteiger partial charge on any atom is 0.155 e. The van der Waals surface area contributed by atoms with E-state index in [0.29, 0.717) is 11.5 Å². The first-order chi connectivity index (χ1) is 8.16. The molecule has 0 fully saturated rings. The van der Waals surface area contributed by atoms with Crippen molar-refractivity contribution in [2.75, 3.05) is 5.32 Å². The van der Waals surface area contributed by atoms with Crippen LogP contribution in [0.2, 0.25) is 0 Å². The molecule has 4 nitrogen and oxygen atoms in total. The van der Waals surface area contributed by atoms with Crippen LogP contribution >= 0.6 is 28.1 Å². The summed E-state index contributed by atoms with van der Waals surface area (Å²) in [4.78, 5) is 0.374. The van der Waals surface area contributed by atoms with Crippen molar-refractivity contribution in [1.29, 1.82) is 0 Å². The van der Waals surface area contributed by atoms with Crippen LogP contribution in [0.3, 0.4) is 0 Å². The van der Waals surface area contributed by atoms with Gasteiger partial charge in [-0.05, 0) is 34.1 Å². The van der Waals surface area contributed by atoms with Gasteiger partial charge in [0, 0.05) is 21.8 Å². The molecule has 0 aliphatic carbocycles. The standard InChI is InChI=1S/C11H10BrN3OS/c12-10-5-7(1-2-9(10)11(13)17)14-6-8-3-4-15-16-8/h1-5,14H,6H2,(H2,13,17). The lowest BCUT2D eigenvalue weighted by Gasteiger charge is -2.07. The average Bonchev–Trinajstić information content (AvgIpc) is 2.78. The third-order valence-electron chi connectivity index (χ3n) is 2.19. The molecule has 1 heterocycles. The van der Waals surface area contributed by atoms with Crippen molar-refractivity contribution >= 4 is 38.8 Å². The normalized spacial score (nSPS) is 10.2. The smallest absolute Gasteiger partial charge is 0.155 e. The lowest BCUT2D eigenvalue weighted by atomic mass is 10.2. The molecule has 1 aromatic heterocycles. The number of aromatic nitrogens is 1. The van der Waals surface area contributed by atoms with E-state index >= 15 is 0 Å². The van der Waals surface area contributed by atoms with Crippen molar-refractivity contribution in [3.63, 3.8) is 0 Å². The zero-order chi connectivity index (χ0) is 12.3. The maximum absolute atomic E-state index is 5.57. The van der Waals surface area contributed by atoms with Gasteiger partial charge in [-0.3, -0.25) is 0 Å². The summed E-state index contributed by atoms with van der Waals surface area (Å²) in [5.74, 6) is 0.777. The van der Waals surface area contributed by atoms with Crippen molar-refractivity contribution in [2.45, 2.75) is 6.54 Å². The number of thiocarbonyl (C=S) groups is 1. The van der Waals surface area contributed by atoms with E-state index in [-0.39, 0.29) is 0 Å².